The van der Waals surface area contributed by atoms with Gasteiger partial charge < -0.3 is 10.1 Å². The van der Waals surface area contributed by atoms with E-state index >= 15 is 0 Å². The van der Waals surface area contributed by atoms with Crippen molar-refractivity contribution in [3.63, 3.8) is 0 Å². The summed E-state index contributed by atoms with van der Waals surface area (Å²) in [6.45, 7) is 4.27. The van der Waals surface area contributed by atoms with E-state index in [0.717, 1.165) is 28.1 Å². The SMILES string of the molecule is Cc1nn(Cc2ccccc2Cl)c(C)c1/C=C/C(=O)OCC(=O)NCCc1ccc(F)cc1. The average Bonchev–Trinajstić information content (AvgIpc) is 3.06. The first-order valence-electron chi connectivity index (χ1n) is 10.5. The van der Waals surface area contributed by atoms with Crippen LogP contribution in [0.5, 0.6) is 0 Å². The van der Waals surface area contributed by atoms with Gasteiger partial charge in [-0.05, 0) is 55.7 Å². The zero-order chi connectivity index (χ0) is 23.8. The van der Waals surface area contributed by atoms with E-state index in [4.69, 9.17) is 16.3 Å². The number of ether oxygens (including phenoxy) is 1. The second kappa shape index (κ2) is 11.4. The van der Waals surface area contributed by atoms with Gasteiger partial charge in [0.15, 0.2) is 6.61 Å². The van der Waals surface area contributed by atoms with Crippen LogP contribution in [0.15, 0.2) is 54.6 Å². The summed E-state index contributed by atoms with van der Waals surface area (Å²) < 4.78 is 19.7. The number of nitrogens with one attached hydrogen (secondary N) is 1. The summed E-state index contributed by atoms with van der Waals surface area (Å²) in [7, 11) is 0. The summed E-state index contributed by atoms with van der Waals surface area (Å²) in [6, 6.07) is 13.6. The van der Waals surface area contributed by atoms with Crippen LogP contribution < -0.4 is 5.32 Å². The zero-order valence-electron chi connectivity index (χ0n) is 18.5. The van der Waals surface area contributed by atoms with Crippen LogP contribution in [0.2, 0.25) is 5.02 Å². The molecular weight excluding hydrogens is 445 g/mol. The topological polar surface area (TPSA) is 73.2 Å². The Kier molecular flexibility index (Phi) is 8.38. The predicted octanol–water partition coefficient (Wildman–Crippen LogP) is 4.26. The molecular formula is C25H25ClFN3O3. The fraction of sp³-hybridized carbons (Fsp3) is 0.240. The normalized spacial score (nSPS) is 11.0. The van der Waals surface area contributed by atoms with E-state index in [9.17, 15) is 14.0 Å². The lowest BCUT2D eigenvalue weighted by molar-refractivity contribution is -0.143. The van der Waals surface area contributed by atoms with Gasteiger partial charge in [0.1, 0.15) is 5.82 Å². The highest BCUT2D eigenvalue weighted by atomic mass is 35.5. The van der Waals surface area contributed by atoms with E-state index in [-0.39, 0.29) is 12.4 Å². The lowest BCUT2D eigenvalue weighted by Gasteiger charge is -2.07. The molecule has 1 heterocycles. The van der Waals surface area contributed by atoms with Crippen LogP contribution in [0.3, 0.4) is 0 Å². The lowest BCUT2D eigenvalue weighted by Crippen LogP contribution is -2.30. The van der Waals surface area contributed by atoms with E-state index in [0.29, 0.717) is 24.5 Å². The Labute approximate surface area is 197 Å². The van der Waals surface area contributed by atoms with Crippen molar-refractivity contribution in [3.8, 4) is 0 Å². The fourth-order valence-corrected chi connectivity index (χ4v) is 3.47. The summed E-state index contributed by atoms with van der Waals surface area (Å²) in [5, 5.41) is 7.87. The van der Waals surface area contributed by atoms with Gasteiger partial charge >= 0.3 is 5.97 Å². The van der Waals surface area contributed by atoms with E-state index in [1.165, 1.54) is 18.2 Å². The van der Waals surface area contributed by atoms with Crippen LogP contribution in [0.25, 0.3) is 6.08 Å². The molecule has 1 N–H and O–H groups in total. The van der Waals surface area contributed by atoms with Gasteiger partial charge in [-0.15, -0.1) is 0 Å². The molecule has 0 aliphatic rings. The number of amides is 1. The number of hydrogen-bond acceptors (Lipinski definition) is 4. The van der Waals surface area contributed by atoms with E-state index in [1.807, 2.05) is 42.8 Å². The smallest absolute Gasteiger partial charge is 0.331 e. The van der Waals surface area contributed by atoms with Gasteiger partial charge in [-0.1, -0.05) is 41.9 Å². The largest absolute Gasteiger partial charge is 0.452 e. The monoisotopic (exact) mass is 469 g/mol. The van der Waals surface area contributed by atoms with Crippen molar-refractivity contribution in [3.05, 3.63) is 93.5 Å². The minimum absolute atomic E-state index is 0.305. The van der Waals surface area contributed by atoms with Crippen molar-refractivity contribution in [2.75, 3.05) is 13.2 Å². The maximum atomic E-state index is 12.9. The van der Waals surface area contributed by atoms with E-state index < -0.39 is 11.9 Å². The molecule has 0 fully saturated rings. The Bertz CT molecular complexity index is 1160. The highest BCUT2D eigenvalue weighted by Crippen LogP contribution is 2.20. The molecule has 3 rings (SSSR count). The number of aryl methyl sites for hydroxylation is 1. The quantitative estimate of drug-likeness (QED) is 0.375. The molecule has 0 unspecified atom stereocenters. The Hall–Kier alpha value is -3.45. The Morgan fingerprint density at radius 1 is 1.15 bits per heavy atom. The van der Waals surface area contributed by atoms with Crippen LogP contribution >= 0.6 is 11.6 Å². The van der Waals surface area contributed by atoms with Crippen LogP contribution in [-0.4, -0.2) is 34.8 Å². The molecule has 0 radical (unpaired) electrons. The zero-order valence-corrected chi connectivity index (χ0v) is 19.2. The number of halogens is 2. The van der Waals surface area contributed by atoms with Crippen molar-refractivity contribution >= 4 is 29.6 Å². The molecule has 0 aliphatic heterocycles. The van der Waals surface area contributed by atoms with Crippen LogP contribution in [-0.2, 0) is 27.3 Å². The summed E-state index contributed by atoms with van der Waals surface area (Å²) in [5.41, 5.74) is 4.31. The minimum Gasteiger partial charge on any atom is -0.452 e. The Morgan fingerprint density at radius 3 is 2.61 bits per heavy atom. The van der Waals surface area contributed by atoms with Crippen molar-refractivity contribution in [2.45, 2.75) is 26.8 Å². The standard InChI is InChI=1S/C25H25ClFN3O3/c1-17-22(18(2)30(29-17)15-20-5-3-4-6-23(20)26)11-12-25(32)33-16-24(31)28-14-13-19-7-9-21(27)10-8-19/h3-12H,13-16H2,1-2H3,(H,28,31)/b12-11+. The summed E-state index contributed by atoms with van der Waals surface area (Å²) in [4.78, 5) is 23.9. The predicted molar refractivity (Wildman–Crippen MR) is 125 cm³/mol. The van der Waals surface area contributed by atoms with Crippen LogP contribution in [0.1, 0.15) is 28.1 Å². The lowest BCUT2D eigenvalue weighted by atomic mass is 10.1. The summed E-state index contributed by atoms with van der Waals surface area (Å²) in [6.07, 6.45) is 3.47. The number of aromatic nitrogens is 2. The molecule has 0 saturated carbocycles. The Morgan fingerprint density at radius 2 is 1.88 bits per heavy atom. The van der Waals surface area contributed by atoms with Gasteiger partial charge in [-0.25, -0.2) is 9.18 Å². The highest BCUT2D eigenvalue weighted by Gasteiger charge is 2.12. The van der Waals surface area contributed by atoms with Gasteiger partial charge in [0.05, 0.1) is 12.2 Å². The van der Waals surface area contributed by atoms with E-state index in [2.05, 4.69) is 10.4 Å². The van der Waals surface area contributed by atoms with E-state index in [1.54, 1.807) is 18.2 Å². The number of hydrogen-bond donors (Lipinski definition) is 1. The van der Waals surface area contributed by atoms with Gasteiger partial charge in [-0.2, -0.15) is 5.10 Å². The van der Waals surface area contributed by atoms with Gasteiger partial charge in [-0.3, -0.25) is 9.48 Å². The highest BCUT2D eigenvalue weighted by molar-refractivity contribution is 6.31. The minimum atomic E-state index is -0.624. The first kappa shape index (κ1) is 24.2. The second-order valence-electron chi connectivity index (χ2n) is 7.50. The molecule has 0 saturated heterocycles. The molecule has 0 spiro atoms. The molecule has 2 aromatic carbocycles. The summed E-state index contributed by atoms with van der Waals surface area (Å²) in [5.74, 6) is -1.33. The third kappa shape index (κ3) is 7.02. The van der Waals surface area contributed by atoms with Crippen molar-refractivity contribution in [2.24, 2.45) is 0 Å². The number of carbonyl (C=O) groups excluding carboxylic acids is 2. The number of nitrogens with zero attached hydrogens (tertiary/aromatic N) is 2. The molecule has 172 valence electrons. The molecule has 0 aliphatic carbocycles. The van der Waals surface area contributed by atoms with Crippen LogP contribution in [0.4, 0.5) is 4.39 Å². The maximum absolute atomic E-state index is 12.9. The first-order valence-corrected chi connectivity index (χ1v) is 10.8. The summed E-state index contributed by atoms with van der Waals surface area (Å²) >= 11 is 6.24. The molecule has 8 heteroatoms. The maximum Gasteiger partial charge on any atom is 0.331 e. The molecule has 1 amide bonds. The molecule has 6 nitrogen and oxygen atoms in total. The Balaban J connectivity index is 1.48. The van der Waals surface area contributed by atoms with Crippen molar-refractivity contribution in [1.82, 2.24) is 15.1 Å². The number of esters is 1. The molecule has 33 heavy (non-hydrogen) atoms. The third-order valence-corrected chi connectivity index (χ3v) is 5.46. The molecule has 3 aromatic rings. The fourth-order valence-electron chi connectivity index (χ4n) is 3.28. The third-order valence-electron chi connectivity index (χ3n) is 5.10. The average molecular weight is 470 g/mol. The molecule has 0 atom stereocenters. The second-order valence-corrected chi connectivity index (χ2v) is 7.91. The number of rotatable bonds is 9. The van der Waals surface area contributed by atoms with Crippen molar-refractivity contribution in [1.29, 1.82) is 0 Å². The van der Waals surface area contributed by atoms with Crippen LogP contribution in [0, 0.1) is 19.7 Å². The van der Waals surface area contributed by atoms with Gasteiger partial charge in [0, 0.05) is 28.9 Å². The van der Waals surface area contributed by atoms with Crippen molar-refractivity contribution < 1.29 is 18.7 Å². The van der Waals surface area contributed by atoms with Gasteiger partial charge in [0.25, 0.3) is 5.91 Å². The number of benzene rings is 2. The molecule has 1 aromatic heterocycles. The molecule has 0 bridgehead atoms. The van der Waals surface area contributed by atoms with Gasteiger partial charge in [0.2, 0.25) is 0 Å². The number of carbonyl (C=O) groups is 2. The first-order chi connectivity index (χ1) is 15.8.